The summed E-state index contributed by atoms with van der Waals surface area (Å²) in [5.74, 6) is 2.24. The summed E-state index contributed by atoms with van der Waals surface area (Å²) in [6, 6.07) is 16.9. The van der Waals surface area contributed by atoms with Crippen LogP contribution in [0.25, 0.3) is 0 Å². The van der Waals surface area contributed by atoms with Gasteiger partial charge in [-0.25, -0.2) is 0 Å². The Hall–Kier alpha value is -2.49. The van der Waals surface area contributed by atoms with Crippen molar-refractivity contribution in [1.29, 1.82) is 5.41 Å². The largest absolute Gasteiger partial charge is 0.483 e. The third-order valence-electron chi connectivity index (χ3n) is 2.80. The van der Waals surface area contributed by atoms with Gasteiger partial charge in [-0.1, -0.05) is 25.1 Å². The average molecular weight is 270 g/mol. The predicted molar refractivity (Wildman–Crippen MR) is 79.6 cm³/mol. The van der Waals surface area contributed by atoms with Gasteiger partial charge in [0.15, 0.2) is 6.10 Å². The van der Waals surface area contributed by atoms with Gasteiger partial charge in [0.25, 0.3) is 0 Å². The Balaban J connectivity index is 2.01. The van der Waals surface area contributed by atoms with E-state index in [9.17, 15) is 0 Å². The molecule has 1 atom stereocenters. The second kappa shape index (κ2) is 6.61. The van der Waals surface area contributed by atoms with Crippen LogP contribution in [-0.2, 0) is 0 Å². The van der Waals surface area contributed by atoms with Gasteiger partial charge in [0.1, 0.15) is 23.1 Å². The van der Waals surface area contributed by atoms with Crippen LogP contribution in [0.1, 0.15) is 13.3 Å². The van der Waals surface area contributed by atoms with Crippen LogP contribution >= 0.6 is 0 Å². The summed E-state index contributed by atoms with van der Waals surface area (Å²) in [6.45, 7) is 1.93. The number of nitrogens with two attached hydrogens (primary N) is 1. The van der Waals surface area contributed by atoms with Crippen molar-refractivity contribution in [2.24, 2.45) is 5.73 Å². The highest BCUT2D eigenvalue weighted by molar-refractivity contribution is 5.81. The molecule has 3 N–H and O–H groups in total. The minimum atomic E-state index is -0.379. The molecule has 0 saturated carbocycles. The van der Waals surface area contributed by atoms with Crippen LogP contribution < -0.4 is 15.2 Å². The van der Waals surface area contributed by atoms with Crippen molar-refractivity contribution in [1.82, 2.24) is 0 Å². The Morgan fingerprint density at radius 2 is 1.55 bits per heavy atom. The van der Waals surface area contributed by atoms with Gasteiger partial charge in [0.2, 0.25) is 0 Å². The first kappa shape index (κ1) is 13.9. The molecule has 2 aromatic carbocycles. The molecule has 4 heteroatoms. The topological polar surface area (TPSA) is 68.3 Å². The lowest BCUT2D eigenvalue weighted by Gasteiger charge is -2.16. The molecule has 0 spiro atoms. The maximum absolute atomic E-state index is 7.42. The zero-order chi connectivity index (χ0) is 14.4. The van der Waals surface area contributed by atoms with Crippen molar-refractivity contribution in [2.75, 3.05) is 0 Å². The van der Waals surface area contributed by atoms with E-state index in [1.165, 1.54) is 0 Å². The monoisotopic (exact) mass is 270 g/mol. The van der Waals surface area contributed by atoms with Crippen molar-refractivity contribution < 1.29 is 9.47 Å². The molecule has 0 aliphatic rings. The van der Waals surface area contributed by atoms with Gasteiger partial charge in [0, 0.05) is 0 Å². The molecule has 2 aromatic rings. The lowest BCUT2D eigenvalue weighted by Crippen LogP contribution is -2.32. The first-order valence-corrected chi connectivity index (χ1v) is 6.52. The van der Waals surface area contributed by atoms with Crippen LogP contribution in [0, 0.1) is 5.41 Å². The summed E-state index contributed by atoms with van der Waals surface area (Å²) in [5.41, 5.74) is 5.46. The molecule has 2 rings (SSSR count). The number of nitrogens with one attached hydrogen (secondary N) is 1. The van der Waals surface area contributed by atoms with E-state index in [0.29, 0.717) is 12.2 Å². The molecule has 0 amide bonds. The maximum atomic E-state index is 7.42. The van der Waals surface area contributed by atoms with Gasteiger partial charge in [-0.05, 0) is 42.8 Å². The van der Waals surface area contributed by atoms with Crippen molar-refractivity contribution in [3.05, 3.63) is 54.6 Å². The van der Waals surface area contributed by atoms with Crippen LogP contribution in [0.15, 0.2) is 54.6 Å². The molecule has 104 valence electrons. The Morgan fingerprint density at radius 3 is 2.10 bits per heavy atom. The highest BCUT2D eigenvalue weighted by Gasteiger charge is 2.11. The number of hydrogen-bond acceptors (Lipinski definition) is 3. The van der Waals surface area contributed by atoms with E-state index in [1.54, 1.807) is 0 Å². The molecular weight excluding hydrogens is 252 g/mol. The lowest BCUT2D eigenvalue weighted by molar-refractivity contribution is 0.260. The number of hydrogen-bond donors (Lipinski definition) is 2. The van der Waals surface area contributed by atoms with E-state index >= 15 is 0 Å². The molecular formula is C16H18N2O2. The fraction of sp³-hybridized carbons (Fsp3) is 0.188. The van der Waals surface area contributed by atoms with E-state index in [0.717, 1.165) is 11.5 Å². The lowest BCUT2D eigenvalue weighted by atomic mass is 10.2. The molecule has 0 radical (unpaired) electrons. The third-order valence-corrected chi connectivity index (χ3v) is 2.80. The van der Waals surface area contributed by atoms with Crippen LogP contribution in [0.2, 0.25) is 0 Å². The van der Waals surface area contributed by atoms with Crippen LogP contribution in [0.4, 0.5) is 0 Å². The standard InChI is InChI=1S/C16H18N2O2/c1-2-15(16(17)18)20-14-10-8-13(9-11-14)19-12-6-4-3-5-7-12/h3-11,15H,2H2,1H3,(H3,17,18). The third kappa shape index (κ3) is 3.75. The molecule has 1 unspecified atom stereocenters. The van der Waals surface area contributed by atoms with E-state index in [-0.39, 0.29) is 11.9 Å². The van der Waals surface area contributed by atoms with Gasteiger partial charge in [-0.15, -0.1) is 0 Å². The van der Waals surface area contributed by atoms with Crippen LogP contribution in [0.5, 0.6) is 17.2 Å². The van der Waals surface area contributed by atoms with Crippen LogP contribution in [0.3, 0.4) is 0 Å². The Labute approximate surface area is 118 Å². The molecule has 0 aromatic heterocycles. The molecule has 0 fully saturated rings. The fourth-order valence-corrected chi connectivity index (χ4v) is 1.74. The highest BCUT2D eigenvalue weighted by atomic mass is 16.5. The summed E-state index contributed by atoms with van der Waals surface area (Å²) in [4.78, 5) is 0. The van der Waals surface area contributed by atoms with Gasteiger partial charge in [-0.2, -0.15) is 0 Å². The van der Waals surface area contributed by atoms with Gasteiger partial charge < -0.3 is 15.2 Å². The second-order valence-corrected chi connectivity index (χ2v) is 4.36. The highest BCUT2D eigenvalue weighted by Crippen LogP contribution is 2.24. The average Bonchev–Trinajstić information content (AvgIpc) is 2.47. The van der Waals surface area contributed by atoms with Gasteiger partial charge in [-0.3, -0.25) is 5.41 Å². The first-order chi connectivity index (χ1) is 9.69. The van der Waals surface area contributed by atoms with E-state index in [1.807, 2.05) is 61.5 Å². The molecule has 0 aliphatic carbocycles. The Kier molecular flexibility index (Phi) is 4.60. The molecule has 0 heterocycles. The smallest absolute Gasteiger partial charge is 0.155 e. The summed E-state index contributed by atoms with van der Waals surface area (Å²) in [7, 11) is 0. The number of amidine groups is 1. The molecule has 0 bridgehead atoms. The van der Waals surface area contributed by atoms with Crippen molar-refractivity contribution in [3.8, 4) is 17.2 Å². The zero-order valence-corrected chi connectivity index (χ0v) is 11.4. The molecule has 0 saturated heterocycles. The predicted octanol–water partition coefficient (Wildman–Crippen LogP) is 3.57. The molecule has 0 aliphatic heterocycles. The number of ether oxygens (including phenoxy) is 2. The minimum Gasteiger partial charge on any atom is -0.483 e. The summed E-state index contributed by atoms with van der Waals surface area (Å²) < 4.78 is 11.3. The Bertz CT molecular complexity index is 552. The van der Waals surface area contributed by atoms with Crippen molar-refractivity contribution in [3.63, 3.8) is 0 Å². The summed E-state index contributed by atoms with van der Waals surface area (Å²) in [6.07, 6.45) is 0.285. The fourth-order valence-electron chi connectivity index (χ4n) is 1.74. The summed E-state index contributed by atoms with van der Waals surface area (Å²) >= 11 is 0. The Morgan fingerprint density at radius 1 is 1.00 bits per heavy atom. The zero-order valence-electron chi connectivity index (χ0n) is 11.4. The van der Waals surface area contributed by atoms with Crippen molar-refractivity contribution >= 4 is 5.84 Å². The molecule has 4 nitrogen and oxygen atoms in total. The number of rotatable bonds is 6. The minimum absolute atomic E-state index is 0.0390. The number of para-hydroxylation sites is 1. The first-order valence-electron chi connectivity index (χ1n) is 6.52. The van der Waals surface area contributed by atoms with E-state index in [4.69, 9.17) is 20.6 Å². The van der Waals surface area contributed by atoms with Crippen molar-refractivity contribution in [2.45, 2.75) is 19.4 Å². The van der Waals surface area contributed by atoms with Gasteiger partial charge in [0.05, 0.1) is 0 Å². The molecule has 20 heavy (non-hydrogen) atoms. The SMILES string of the molecule is CCC(Oc1ccc(Oc2ccccc2)cc1)C(=N)N. The number of benzene rings is 2. The quantitative estimate of drug-likeness (QED) is 0.622. The van der Waals surface area contributed by atoms with E-state index in [2.05, 4.69) is 0 Å². The second-order valence-electron chi connectivity index (χ2n) is 4.36. The summed E-state index contributed by atoms with van der Waals surface area (Å²) in [5, 5.41) is 7.42. The van der Waals surface area contributed by atoms with E-state index < -0.39 is 0 Å². The normalized spacial score (nSPS) is 11.7. The maximum Gasteiger partial charge on any atom is 0.155 e. The van der Waals surface area contributed by atoms with Gasteiger partial charge >= 0.3 is 0 Å². The van der Waals surface area contributed by atoms with Crippen LogP contribution in [-0.4, -0.2) is 11.9 Å².